The fourth-order valence-electron chi connectivity index (χ4n) is 7.50. The minimum atomic E-state index is -0.384. The second kappa shape index (κ2) is 22.6. The molecule has 68 heavy (non-hydrogen) atoms. The first-order valence-corrected chi connectivity index (χ1v) is 22.1. The number of H-pyrrole nitrogens is 3. The molecule has 0 bridgehead atoms. The van der Waals surface area contributed by atoms with E-state index in [4.69, 9.17) is 9.47 Å². The summed E-state index contributed by atoms with van der Waals surface area (Å²) in [4.78, 5) is 78.6. The molecule has 0 aliphatic carbocycles. The van der Waals surface area contributed by atoms with Crippen molar-refractivity contribution in [3.05, 3.63) is 243 Å². The lowest BCUT2D eigenvalue weighted by Gasteiger charge is -2.29. The molecule has 0 amide bonds. The maximum absolute atomic E-state index is 13.5. The summed E-state index contributed by atoms with van der Waals surface area (Å²) in [6, 6.07) is 33.2. The first-order chi connectivity index (χ1) is 33.2. The molecule has 7 heterocycles. The third-order valence-corrected chi connectivity index (χ3v) is 11.0. The molecule has 9 rings (SSSR count). The van der Waals surface area contributed by atoms with Gasteiger partial charge in [0.1, 0.15) is 39.5 Å². The molecule has 0 radical (unpaired) electrons. The van der Waals surface area contributed by atoms with Gasteiger partial charge in [0.25, 0.3) is 22.2 Å². The van der Waals surface area contributed by atoms with Crippen LogP contribution in [0.1, 0.15) is 46.5 Å². The van der Waals surface area contributed by atoms with Gasteiger partial charge in [0.05, 0.1) is 36.9 Å². The van der Waals surface area contributed by atoms with Crippen molar-refractivity contribution in [2.45, 2.75) is 26.0 Å². The maximum Gasteiger partial charge on any atom is 0.275 e. The van der Waals surface area contributed by atoms with Crippen LogP contribution < -0.4 is 53.1 Å². The summed E-state index contributed by atoms with van der Waals surface area (Å²) >= 11 is 0. The van der Waals surface area contributed by atoms with E-state index in [9.17, 15) is 19.2 Å². The van der Waals surface area contributed by atoms with E-state index in [-0.39, 0.29) is 50.2 Å². The number of piperidine rings is 1. The molecule has 15 heteroatoms. The highest BCUT2D eigenvalue weighted by Crippen LogP contribution is 2.18. The lowest BCUT2D eigenvalue weighted by molar-refractivity contribution is 0.150. The molecule has 0 saturated carbocycles. The van der Waals surface area contributed by atoms with Gasteiger partial charge in [-0.25, -0.2) is 0 Å². The van der Waals surface area contributed by atoms with Crippen molar-refractivity contribution >= 4 is 24.3 Å². The Morgan fingerprint density at radius 2 is 1.15 bits per heavy atom. The zero-order valence-corrected chi connectivity index (χ0v) is 37.3. The van der Waals surface area contributed by atoms with Gasteiger partial charge in [-0.05, 0) is 122 Å². The molecule has 1 unspecified atom stereocenters. The van der Waals surface area contributed by atoms with Crippen molar-refractivity contribution in [1.82, 2.24) is 44.4 Å². The van der Waals surface area contributed by atoms with Crippen molar-refractivity contribution in [2.24, 2.45) is 5.92 Å². The van der Waals surface area contributed by atoms with Crippen molar-refractivity contribution in [3.63, 3.8) is 0 Å². The van der Waals surface area contributed by atoms with Crippen LogP contribution in [0.15, 0.2) is 166 Å². The van der Waals surface area contributed by atoms with Crippen molar-refractivity contribution < 1.29 is 9.47 Å². The Labute approximate surface area is 389 Å². The minimum absolute atomic E-state index is 0.141. The molecule has 2 aromatic carbocycles. The summed E-state index contributed by atoms with van der Waals surface area (Å²) in [6.07, 6.45) is 18.8. The molecule has 8 aromatic rings. The zero-order chi connectivity index (χ0) is 47.1. The van der Waals surface area contributed by atoms with Crippen LogP contribution >= 0.6 is 0 Å². The van der Waals surface area contributed by atoms with Crippen LogP contribution in [0.25, 0.3) is 24.3 Å². The van der Waals surface area contributed by atoms with Gasteiger partial charge in [0.2, 0.25) is 0 Å². The van der Waals surface area contributed by atoms with Crippen LogP contribution in [0.2, 0.25) is 0 Å². The van der Waals surface area contributed by atoms with Gasteiger partial charge < -0.3 is 29.3 Å². The Morgan fingerprint density at radius 1 is 0.603 bits per heavy atom. The van der Waals surface area contributed by atoms with Gasteiger partial charge in [-0.1, -0.05) is 60.7 Å². The van der Waals surface area contributed by atoms with E-state index < -0.39 is 0 Å². The molecular formula is C53H49N9O6. The average molecular weight is 908 g/mol. The van der Waals surface area contributed by atoms with Gasteiger partial charge in [0, 0.05) is 37.3 Å². The number of pyridine rings is 4. The Kier molecular flexibility index (Phi) is 15.3. The van der Waals surface area contributed by atoms with E-state index in [2.05, 4.69) is 46.8 Å². The molecule has 1 fully saturated rings. The Hall–Kier alpha value is -8.56. The number of nitrogens with one attached hydrogen (secondary N) is 3. The van der Waals surface area contributed by atoms with Crippen LogP contribution in [0.5, 0.6) is 11.5 Å². The van der Waals surface area contributed by atoms with E-state index in [1.165, 1.54) is 17.4 Å². The number of hydrogen-bond donors (Lipinski definition) is 3. The quantitative estimate of drug-likeness (QED) is 0.163. The number of nitrogens with zero attached hydrogens (tertiary/aromatic N) is 6. The van der Waals surface area contributed by atoms with E-state index in [0.717, 1.165) is 35.3 Å². The number of aromatic nitrogens is 8. The topological polar surface area (TPSA) is 194 Å². The number of rotatable bonds is 12. The van der Waals surface area contributed by atoms with Gasteiger partial charge in [-0.2, -0.15) is 0 Å². The van der Waals surface area contributed by atoms with E-state index in [0.29, 0.717) is 42.0 Å². The molecule has 6 aromatic heterocycles. The second-order valence-electron chi connectivity index (χ2n) is 16.2. The molecule has 0 spiro atoms. The van der Waals surface area contributed by atoms with Crippen LogP contribution in [0.4, 0.5) is 0 Å². The highest BCUT2D eigenvalue weighted by atomic mass is 16.5. The smallest absolute Gasteiger partial charge is 0.275 e. The fraction of sp³-hybridized carbons (Fsp3) is 0.170. The van der Waals surface area contributed by atoms with Gasteiger partial charge >= 0.3 is 0 Å². The lowest BCUT2D eigenvalue weighted by atomic mass is 10.00. The molecule has 1 atom stereocenters. The SMILES string of the molecule is CN1CCCC(COc2ccc(/C=c3\[nH]c(=O)/c(=C/c4ccccc4)[nH]c3=O)nc2)C1.O=c1[nH]/c(=C\c2ccc(OCc3ccncc3)cn2)c(=O)n(Cc2ccncc2)/c1=C\c1ccccc1. The van der Waals surface area contributed by atoms with Gasteiger partial charge in [0.15, 0.2) is 0 Å². The van der Waals surface area contributed by atoms with E-state index >= 15 is 0 Å². The van der Waals surface area contributed by atoms with Crippen LogP contribution in [-0.4, -0.2) is 71.1 Å². The first-order valence-electron chi connectivity index (χ1n) is 22.1. The van der Waals surface area contributed by atoms with Crippen LogP contribution in [-0.2, 0) is 13.2 Å². The largest absolute Gasteiger partial charge is 0.492 e. The number of ether oxygens (including phenoxy) is 2. The highest BCUT2D eigenvalue weighted by Gasteiger charge is 2.17. The standard InChI is InChI=1S/C29H23N5O3.C24H26N4O3/c35-28-27(16-21-4-2-1-3-5-21)34(19-22-8-12-30-13-9-22)29(36)26(33-28)17-24-6-7-25(18-32-24)37-20-23-10-14-31-15-11-23;1-28-11-5-8-18(15-28)16-31-20-10-9-19(25-14-20)13-22-24(30)26-21(23(29)27-22)12-17-6-3-2-4-7-17/h1-18H,19-20H2,(H,33,35);2-4,6-7,9-10,12-14,18H,5,8,11,15-16H2,1H3,(H,26,30)(H,27,29)/b26-17-,27-16-;21-12-,22-13-. The van der Waals surface area contributed by atoms with Gasteiger partial charge in [-0.15, -0.1) is 0 Å². The van der Waals surface area contributed by atoms with Crippen molar-refractivity contribution in [3.8, 4) is 11.5 Å². The summed E-state index contributed by atoms with van der Waals surface area (Å²) in [6.45, 7) is 3.48. The number of hydrogen-bond acceptors (Lipinski definition) is 11. The first kappa shape index (κ1) is 46.0. The summed E-state index contributed by atoms with van der Waals surface area (Å²) in [5.41, 5.74) is 3.10. The molecule has 342 valence electrons. The van der Waals surface area contributed by atoms with Crippen molar-refractivity contribution in [2.75, 3.05) is 26.7 Å². The monoisotopic (exact) mass is 907 g/mol. The Balaban J connectivity index is 0.000000187. The Bertz CT molecular complexity index is 3420. The highest BCUT2D eigenvalue weighted by molar-refractivity contribution is 5.49. The molecule has 3 N–H and O–H groups in total. The number of benzene rings is 2. The fourth-order valence-corrected chi connectivity index (χ4v) is 7.50. The average Bonchev–Trinajstić information content (AvgIpc) is 3.37. The second-order valence-corrected chi connectivity index (χ2v) is 16.2. The lowest BCUT2D eigenvalue weighted by Crippen LogP contribution is -2.53. The molecule has 1 saturated heterocycles. The minimum Gasteiger partial charge on any atom is -0.492 e. The third kappa shape index (κ3) is 12.8. The summed E-state index contributed by atoms with van der Waals surface area (Å²) in [5, 5.41) is 0.764. The maximum atomic E-state index is 13.5. The van der Waals surface area contributed by atoms with Crippen LogP contribution in [0, 0.1) is 5.92 Å². The summed E-state index contributed by atoms with van der Waals surface area (Å²) < 4.78 is 13.1. The predicted molar refractivity (Wildman–Crippen MR) is 261 cm³/mol. The Morgan fingerprint density at radius 3 is 1.74 bits per heavy atom. The molecule has 1 aliphatic rings. The number of aromatic amines is 3. The summed E-state index contributed by atoms with van der Waals surface area (Å²) in [5.74, 6) is 1.81. The molecule has 15 nitrogen and oxygen atoms in total. The zero-order valence-electron chi connectivity index (χ0n) is 37.3. The third-order valence-electron chi connectivity index (χ3n) is 11.0. The molecular weight excluding hydrogens is 859 g/mol. The number of likely N-dealkylation sites (tertiary alicyclic amines) is 1. The van der Waals surface area contributed by atoms with Crippen molar-refractivity contribution in [1.29, 1.82) is 0 Å². The summed E-state index contributed by atoms with van der Waals surface area (Å²) in [7, 11) is 2.14. The van der Waals surface area contributed by atoms with E-state index in [1.807, 2.05) is 91.0 Å². The normalized spacial score (nSPS) is 14.9. The van der Waals surface area contributed by atoms with Gasteiger partial charge in [-0.3, -0.25) is 43.7 Å². The van der Waals surface area contributed by atoms with Crippen LogP contribution in [0.3, 0.4) is 0 Å². The predicted octanol–water partition coefficient (Wildman–Crippen LogP) is 2.84. The van der Waals surface area contributed by atoms with E-state index in [1.54, 1.807) is 79.7 Å². The molecule has 1 aliphatic heterocycles.